The molecule has 0 saturated carbocycles. The zero-order chi connectivity index (χ0) is 16.2. The van der Waals surface area contributed by atoms with Crippen LogP contribution in [0.15, 0.2) is 36.5 Å². The summed E-state index contributed by atoms with van der Waals surface area (Å²) in [6.07, 6.45) is 5.94. The Bertz CT molecular complexity index is 623. The van der Waals surface area contributed by atoms with Crippen LogP contribution in [-0.2, 0) is 20.0 Å². The molecule has 1 aromatic carbocycles. The number of aromatic nitrogens is 2. The molecular formula is C19H27N3O. The van der Waals surface area contributed by atoms with Crippen molar-refractivity contribution in [2.45, 2.75) is 51.3 Å². The highest BCUT2D eigenvalue weighted by molar-refractivity contribution is 5.19. The second kappa shape index (κ2) is 7.28. The van der Waals surface area contributed by atoms with E-state index in [9.17, 15) is 5.11 Å². The van der Waals surface area contributed by atoms with Gasteiger partial charge in [0.1, 0.15) is 0 Å². The number of aliphatic hydroxyl groups is 1. The Morgan fingerprint density at radius 3 is 2.83 bits per heavy atom. The van der Waals surface area contributed by atoms with Crippen LogP contribution in [0, 0.1) is 0 Å². The van der Waals surface area contributed by atoms with E-state index in [4.69, 9.17) is 0 Å². The maximum Gasteiger partial charge on any atom is 0.0805 e. The summed E-state index contributed by atoms with van der Waals surface area (Å²) in [5.74, 6) is 0. The molecule has 1 fully saturated rings. The van der Waals surface area contributed by atoms with E-state index < -0.39 is 0 Å². The number of aliphatic hydroxyl groups excluding tert-OH is 1. The van der Waals surface area contributed by atoms with Gasteiger partial charge in [-0.1, -0.05) is 37.3 Å². The van der Waals surface area contributed by atoms with Crippen molar-refractivity contribution in [1.82, 2.24) is 14.7 Å². The van der Waals surface area contributed by atoms with Gasteiger partial charge in [-0.3, -0.25) is 9.58 Å². The molecular weight excluding hydrogens is 286 g/mol. The van der Waals surface area contributed by atoms with Crippen LogP contribution in [0.25, 0.3) is 0 Å². The van der Waals surface area contributed by atoms with E-state index in [2.05, 4.69) is 23.1 Å². The number of benzene rings is 1. The number of nitrogens with zero attached hydrogens (tertiary/aromatic N) is 3. The molecule has 0 aliphatic carbocycles. The molecule has 1 aliphatic heterocycles. The third-order valence-corrected chi connectivity index (χ3v) is 4.88. The van der Waals surface area contributed by atoms with Gasteiger partial charge in [0.25, 0.3) is 0 Å². The Labute approximate surface area is 138 Å². The minimum atomic E-state index is -0.374. The number of rotatable bonds is 6. The first-order chi connectivity index (χ1) is 11.2. The largest absolute Gasteiger partial charge is 0.388 e. The van der Waals surface area contributed by atoms with Crippen LogP contribution in [0.5, 0.6) is 0 Å². The van der Waals surface area contributed by atoms with E-state index >= 15 is 0 Å². The molecule has 2 unspecified atom stereocenters. The lowest BCUT2D eigenvalue weighted by atomic mass is 10.0. The summed E-state index contributed by atoms with van der Waals surface area (Å²) >= 11 is 0. The molecule has 0 amide bonds. The number of hydrogen-bond acceptors (Lipinski definition) is 3. The summed E-state index contributed by atoms with van der Waals surface area (Å²) in [7, 11) is 1.99. The summed E-state index contributed by atoms with van der Waals surface area (Å²) in [4.78, 5) is 2.52. The summed E-state index contributed by atoms with van der Waals surface area (Å²) in [6.45, 7) is 4.22. The van der Waals surface area contributed by atoms with Crippen molar-refractivity contribution in [3.8, 4) is 0 Å². The second-order valence-corrected chi connectivity index (χ2v) is 6.56. The van der Waals surface area contributed by atoms with E-state index in [0.29, 0.717) is 6.04 Å². The Morgan fingerprint density at radius 2 is 2.09 bits per heavy atom. The monoisotopic (exact) mass is 313 g/mol. The third kappa shape index (κ3) is 3.82. The highest BCUT2D eigenvalue weighted by atomic mass is 16.3. The van der Waals surface area contributed by atoms with Crippen molar-refractivity contribution in [3.63, 3.8) is 0 Å². The minimum Gasteiger partial charge on any atom is -0.388 e. The maximum absolute atomic E-state index is 10.5. The molecule has 4 nitrogen and oxygen atoms in total. The van der Waals surface area contributed by atoms with Crippen LogP contribution in [0.2, 0.25) is 0 Å². The minimum absolute atomic E-state index is 0.374. The smallest absolute Gasteiger partial charge is 0.0805 e. The quantitative estimate of drug-likeness (QED) is 0.891. The topological polar surface area (TPSA) is 41.3 Å². The van der Waals surface area contributed by atoms with Gasteiger partial charge in [0, 0.05) is 31.4 Å². The molecule has 3 rings (SSSR count). The molecule has 1 aliphatic rings. The Balaban J connectivity index is 1.66. The van der Waals surface area contributed by atoms with Crippen LogP contribution in [0.4, 0.5) is 0 Å². The molecule has 2 atom stereocenters. The van der Waals surface area contributed by atoms with Crippen LogP contribution in [0.1, 0.15) is 49.1 Å². The summed E-state index contributed by atoms with van der Waals surface area (Å²) < 4.78 is 1.91. The van der Waals surface area contributed by atoms with Gasteiger partial charge >= 0.3 is 0 Å². The Kier molecular flexibility index (Phi) is 5.13. The zero-order valence-electron chi connectivity index (χ0n) is 14.2. The lowest BCUT2D eigenvalue weighted by Crippen LogP contribution is -2.30. The van der Waals surface area contributed by atoms with Crippen molar-refractivity contribution in [2.75, 3.05) is 6.54 Å². The van der Waals surface area contributed by atoms with E-state index in [1.807, 2.05) is 42.1 Å². The van der Waals surface area contributed by atoms with Gasteiger partial charge in [-0.2, -0.15) is 5.10 Å². The molecule has 2 heterocycles. The fourth-order valence-electron chi connectivity index (χ4n) is 3.67. The molecule has 0 radical (unpaired) electrons. The van der Waals surface area contributed by atoms with Crippen LogP contribution >= 0.6 is 0 Å². The SMILES string of the molecule is CCc1nn(C)cc1CN1CCCC1CC(O)c1ccccc1. The van der Waals surface area contributed by atoms with E-state index in [-0.39, 0.29) is 6.10 Å². The Morgan fingerprint density at radius 1 is 1.30 bits per heavy atom. The predicted octanol–water partition coefficient (Wildman–Crippen LogP) is 3.07. The molecule has 1 saturated heterocycles. The highest BCUT2D eigenvalue weighted by Gasteiger charge is 2.28. The van der Waals surface area contributed by atoms with Crippen molar-refractivity contribution in [1.29, 1.82) is 0 Å². The average Bonchev–Trinajstić information content (AvgIpc) is 3.15. The molecule has 4 heteroatoms. The zero-order valence-corrected chi connectivity index (χ0v) is 14.2. The van der Waals surface area contributed by atoms with Gasteiger partial charge in [0.2, 0.25) is 0 Å². The van der Waals surface area contributed by atoms with Gasteiger partial charge in [-0.25, -0.2) is 0 Å². The first-order valence-corrected chi connectivity index (χ1v) is 8.65. The first-order valence-electron chi connectivity index (χ1n) is 8.65. The van der Waals surface area contributed by atoms with E-state index in [1.54, 1.807) is 0 Å². The van der Waals surface area contributed by atoms with Crippen molar-refractivity contribution < 1.29 is 5.11 Å². The van der Waals surface area contributed by atoms with Gasteiger partial charge in [0.15, 0.2) is 0 Å². The van der Waals surface area contributed by atoms with Gasteiger partial charge in [-0.15, -0.1) is 0 Å². The predicted molar refractivity (Wildman–Crippen MR) is 92.0 cm³/mol. The Hall–Kier alpha value is -1.65. The van der Waals surface area contributed by atoms with Crippen molar-refractivity contribution in [2.24, 2.45) is 7.05 Å². The number of aryl methyl sites for hydroxylation is 2. The second-order valence-electron chi connectivity index (χ2n) is 6.56. The van der Waals surface area contributed by atoms with Gasteiger partial charge in [0.05, 0.1) is 11.8 Å². The van der Waals surface area contributed by atoms with E-state index in [0.717, 1.165) is 31.5 Å². The molecule has 1 N–H and O–H groups in total. The van der Waals surface area contributed by atoms with Gasteiger partial charge in [-0.05, 0) is 37.8 Å². The number of likely N-dealkylation sites (tertiary alicyclic amines) is 1. The summed E-state index contributed by atoms with van der Waals surface area (Å²) in [5, 5.41) is 15.1. The number of hydrogen-bond donors (Lipinski definition) is 1. The van der Waals surface area contributed by atoms with E-state index in [1.165, 1.54) is 24.1 Å². The van der Waals surface area contributed by atoms with Crippen LogP contribution < -0.4 is 0 Å². The fraction of sp³-hybridized carbons (Fsp3) is 0.526. The van der Waals surface area contributed by atoms with Gasteiger partial charge < -0.3 is 5.11 Å². The highest BCUT2D eigenvalue weighted by Crippen LogP contribution is 2.29. The third-order valence-electron chi connectivity index (χ3n) is 4.88. The van der Waals surface area contributed by atoms with Crippen LogP contribution in [-0.4, -0.2) is 32.4 Å². The maximum atomic E-state index is 10.5. The average molecular weight is 313 g/mol. The lowest BCUT2D eigenvalue weighted by Gasteiger charge is -2.26. The molecule has 0 bridgehead atoms. The molecule has 1 aromatic heterocycles. The summed E-state index contributed by atoms with van der Waals surface area (Å²) in [6, 6.07) is 10.5. The normalized spacial score (nSPS) is 20.0. The molecule has 2 aromatic rings. The fourth-order valence-corrected chi connectivity index (χ4v) is 3.67. The van der Waals surface area contributed by atoms with Crippen molar-refractivity contribution >= 4 is 0 Å². The summed E-state index contributed by atoms with van der Waals surface area (Å²) in [5.41, 5.74) is 3.55. The first kappa shape index (κ1) is 16.2. The van der Waals surface area contributed by atoms with Crippen LogP contribution in [0.3, 0.4) is 0 Å². The molecule has 23 heavy (non-hydrogen) atoms. The molecule has 124 valence electrons. The standard InChI is InChI=1S/C19H27N3O/c1-3-18-16(13-21(2)20-18)14-22-11-7-10-17(22)12-19(23)15-8-5-4-6-9-15/h4-6,8-9,13,17,19,23H,3,7,10-12,14H2,1-2H3. The van der Waals surface area contributed by atoms with Crippen molar-refractivity contribution in [3.05, 3.63) is 53.3 Å². The molecule has 0 spiro atoms. The lowest BCUT2D eigenvalue weighted by molar-refractivity contribution is 0.118.